The maximum Gasteiger partial charge on any atom is 0.323 e. The molecule has 0 N–H and O–H groups in total. The van der Waals surface area contributed by atoms with E-state index in [2.05, 4.69) is 0 Å². The first-order chi connectivity index (χ1) is 12.2. The second-order valence-electron chi connectivity index (χ2n) is 6.58. The van der Waals surface area contributed by atoms with Gasteiger partial charge in [-0.05, 0) is 36.1 Å². The molecule has 1 saturated carbocycles. The normalized spacial score (nSPS) is 16.4. The SMILES string of the molecule is CCOC(=O)C1(C(=O)OCc2cccc3ccccc23)CCCCC1. The van der Waals surface area contributed by atoms with Crippen LogP contribution in [0.4, 0.5) is 0 Å². The van der Waals surface area contributed by atoms with Crippen LogP contribution < -0.4 is 0 Å². The van der Waals surface area contributed by atoms with Crippen LogP contribution >= 0.6 is 0 Å². The minimum Gasteiger partial charge on any atom is -0.465 e. The zero-order chi connectivity index (χ0) is 17.7. The quantitative estimate of drug-likeness (QED) is 0.598. The van der Waals surface area contributed by atoms with Gasteiger partial charge in [0.1, 0.15) is 6.61 Å². The highest BCUT2D eigenvalue weighted by atomic mass is 16.6. The molecule has 0 spiro atoms. The summed E-state index contributed by atoms with van der Waals surface area (Å²) in [6.07, 6.45) is 3.77. The van der Waals surface area contributed by atoms with Crippen molar-refractivity contribution in [3.05, 3.63) is 48.0 Å². The fraction of sp³-hybridized carbons (Fsp3) is 0.429. The van der Waals surface area contributed by atoms with Gasteiger partial charge in [0, 0.05) is 0 Å². The van der Waals surface area contributed by atoms with Gasteiger partial charge in [-0.1, -0.05) is 61.7 Å². The summed E-state index contributed by atoms with van der Waals surface area (Å²) in [7, 11) is 0. The van der Waals surface area contributed by atoms with E-state index in [4.69, 9.17) is 9.47 Å². The Morgan fingerprint density at radius 1 is 0.920 bits per heavy atom. The molecular weight excluding hydrogens is 316 g/mol. The number of esters is 2. The fourth-order valence-corrected chi connectivity index (χ4v) is 3.62. The highest BCUT2D eigenvalue weighted by Gasteiger charge is 2.49. The average Bonchev–Trinajstić information content (AvgIpc) is 2.66. The van der Waals surface area contributed by atoms with Crippen LogP contribution in [0, 0.1) is 5.41 Å². The van der Waals surface area contributed by atoms with Crippen molar-refractivity contribution in [2.24, 2.45) is 5.41 Å². The fourth-order valence-electron chi connectivity index (χ4n) is 3.62. The van der Waals surface area contributed by atoms with Gasteiger partial charge in [-0.2, -0.15) is 0 Å². The minimum absolute atomic E-state index is 0.168. The van der Waals surface area contributed by atoms with Crippen LogP contribution in [0.15, 0.2) is 42.5 Å². The summed E-state index contributed by atoms with van der Waals surface area (Å²) < 4.78 is 10.8. The van der Waals surface area contributed by atoms with Gasteiger partial charge in [0.25, 0.3) is 0 Å². The molecule has 0 aliphatic heterocycles. The number of hydrogen-bond donors (Lipinski definition) is 0. The molecule has 2 aromatic rings. The second-order valence-corrected chi connectivity index (χ2v) is 6.58. The van der Waals surface area contributed by atoms with E-state index >= 15 is 0 Å². The number of benzene rings is 2. The molecule has 2 aromatic carbocycles. The minimum atomic E-state index is -1.13. The molecule has 0 bridgehead atoms. The lowest BCUT2D eigenvalue weighted by atomic mass is 9.74. The van der Waals surface area contributed by atoms with Crippen LogP contribution in [-0.4, -0.2) is 18.5 Å². The second kappa shape index (κ2) is 7.68. The van der Waals surface area contributed by atoms with Crippen molar-refractivity contribution in [3.8, 4) is 0 Å². The third kappa shape index (κ3) is 3.53. The van der Waals surface area contributed by atoms with Crippen LogP contribution in [0.1, 0.15) is 44.6 Å². The molecule has 132 valence electrons. The Hall–Kier alpha value is -2.36. The first-order valence-corrected chi connectivity index (χ1v) is 8.98. The number of carbonyl (C=O) groups excluding carboxylic acids is 2. The molecule has 25 heavy (non-hydrogen) atoms. The highest BCUT2D eigenvalue weighted by Crippen LogP contribution is 2.39. The third-order valence-corrected chi connectivity index (χ3v) is 5.00. The van der Waals surface area contributed by atoms with Crippen molar-refractivity contribution in [2.75, 3.05) is 6.61 Å². The van der Waals surface area contributed by atoms with Crippen LogP contribution in [0.2, 0.25) is 0 Å². The summed E-state index contributed by atoms with van der Waals surface area (Å²) in [5, 5.41) is 2.17. The summed E-state index contributed by atoms with van der Waals surface area (Å²) in [6.45, 7) is 2.20. The number of ether oxygens (including phenoxy) is 2. The summed E-state index contributed by atoms with van der Waals surface area (Å²) in [6, 6.07) is 13.9. The molecule has 0 unspecified atom stereocenters. The molecule has 0 heterocycles. The van der Waals surface area contributed by atoms with Crippen molar-refractivity contribution >= 4 is 22.7 Å². The van der Waals surface area contributed by atoms with Gasteiger partial charge in [-0.25, -0.2) is 0 Å². The van der Waals surface area contributed by atoms with Gasteiger partial charge >= 0.3 is 11.9 Å². The third-order valence-electron chi connectivity index (χ3n) is 5.00. The molecule has 0 radical (unpaired) electrons. The zero-order valence-electron chi connectivity index (χ0n) is 14.6. The van der Waals surface area contributed by atoms with E-state index in [-0.39, 0.29) is 13.2 Å². The van der Waals surface area contributed by atoms with Gasteiger partial charge in [0.15, 0.2) is 5.41 Å². The predicted octanol–water partition coefficient (Wildman–Crippen LogP) is 4.40. The van der Waals surface area contributed by atoms with E-state index in [9.17, 15) is 9.59 Å². The van der Waals surface area contributed by atoms with Gasteiger partial charge in [0.2, 0.25) is 0 Å². The molecule has 0 atom stereocenters. The zero-order valence-corrected chi connectivity index (χ0v) is 14.6. The molecule has 4 nitrogen and oxygen atoms in total. The maximum absolute atomic E-state index is 12.8. The average molecular weight is 340 g/mol. The number of fused-ring (bicyclic) bond motifs is 1. The Bertz CT molecular complexity index is 754. The van der Waals surface area contributed by atoms with Crippen molar-refractivity contribution in [1.82, 2.24) is 0 Å². The smallest absolute Gasteiger partial charge is 0.323 e. The van der Waals surface area contributed by atoms with Gasteiger partial charge < -0.3 is 9.47 Å². The predicted molar refractivity (Wildman–Crippen MR) is 95.9 cm³/mol. The van der Waals surface area contributed by atoms with Gasteiger partial charge in [0.05, 0.1) is 6.61 Å². The maximum atomic E-state index is 12.8. The van der Waals surface area contributed by atoms with E-state index in [1.807, 2.05) is 42.5 Å². The van der Waals surface area contributed by atoms with Crippen molar-refractivity contribution in [3.63, 3.8) is 0 Å². The van der Waals surface area contributed by atoms with E-state index in [1.54, 1.807) is 6.92 Å². The first-order valence-electron chi connectivity index (χ1n) is 8.98. The Labute approximate surface area is 148 Å². The molecule has 1 aliphatic carbocycles. The van der Waals surface area contributed by atoms with Crippen LogP contribution in [0.25, 0.3) is 10.8 Å². The van der Waals surface area contributed by atoms with Crippen molar-refractivity contribution in [2.45, 2.75) is 45.6 Å². The Morgan fingerprint density at radius 3 is 2.36 bits per heavy atom. The van der Waals surface area contributed by atoms with E-state index in [0.717, 1.165) is 35.6 Å². The summed E-state index contributed by atoms with van der Waals surface area (Å²) in [4.78, 5) is 25.3. The monoisotopic (exact) mass is 340 g/mol. The van der Waals surface area contributed by atoms with E-state index < -0.39 is 17.4 Å². The summed E-state index contributed by atoms with van der Waals surface area (Å²) in [5.41, 5.74) is -0.181. The molecule has 0 aromatic heterocycles. The van der Waals surface area contributed by atoms with Crippen molar-refractivity contribution < 1.29 is 19.1 Å². The lowest BCUT2D eigenvalue weighted by Crippen LogP contribution is -2.43. The van der Waals surface area contributed by atoms with Crippen molar-refractivity contribution in [1.29, 1.82) is 0 Å². The molecule has 0 saturated heterocycles. The lowest BCUT2D eigenvalue weighted by molar-refractivity contribution is -0.175. The van der Waals surface area contributed by atoms with Gasteiger partial charge in [-0.15, -0.1) is 0 Å². The Kier molecular flexibility index (Phi) is 5.37. The van der Waals surface area contributed by atoms with E-state index in [1.165, 1.54) is 0 Å². The van der Waals surface area contributed by atoms with Crippen LogP contribution in [-0.2, 0) is 25.7 Å². The summed E-state index contributed by atoms with van der Waals surface area (Å²) in [5.74, 6) is -0.879. The standard InChI is InChI=1S/C21H24O4/c1-2-24-19(22)21(13-6-3-7-14-21)20(23)25-15-17-11-8-10-16-9-4-5-12-18(16)17/h4-5,8-12H,2-3,6-7,13-15H2,1H3. The van der Waals surface area contributed by atoms with Crippen LogP contribution in [0.3, 0.4) is 0 Å². The number of hydrogen-bond acceptors (Lipinski definition) is 4. The molecule has 3 rings (SSSR count). The largest absolute Gasteiger partial charge is 0.465 e. The molecule has 1 aliphatic rings. The first kappa shape index (κ1) is 17.5. The highest BCUT2D eigenvalue weighted by molar-refractivity contribution is 6.00. The number of rotatable bonds is 5. The Morgan fingerprint density at radius 2 is 1.60 bits per heavy atom. The topological polar surface area (TPSA) is 52.6 Å². The van der Waals surface area contributed by atoms with Crippen LogP contribution in [0.5, 0.6) is 0 Å². The molecule has 0 amide bonds. The lowest BCUT2D eigenvalue weighted by Gasteiger charge is -2.32. The molecular formula is C21H24O4. The molecule has 4 heteroatoms. The molecule has 1 fully saturated rings. The van der Waals surface area contributed by atoms with Gasteiger partial charge in [-0.3, -0.25) is 9.59 Å². The van der Waals surface area contributed by atoms with E-state index in [0.29, 0.717) is 12.8 Å². The Balaban J connectivity index is 1.78. The summed E-state index contributed by atoms with van der Waals surface area (Å²) >= 11 is 0. The number of carbonyl (C=O) groups is 2.